The maximum Gasteiger partial charge on any atom is 0.0270 e. The number of nitrogens with zero attached hydrogens (tertiary/aromatic N) is 2. The van der Waals surface area contributed by atoms with Gasteiger partial charge in [0.15, 0.2) is 0 Å². The molecule has 0 aromatic carbocycles. The van der Waals surface area contributed by atoms with Crippen molar-refractivity contribution in [2.24, 2.45) is 5.73 Å². The monoisotopic (exact) mass is 221 g/mol. The molecule has 16 heavy (non-hydrogen) atoms. The van der Waals surface area contributed by atoms with Crippen molar-refractivity contribution in [1.29, 1.82) is 0 Å². The summed E-state index contributed by atoms with van der Waals surface area (Å²) in [4.78, 5) is 6.32. The Labute approximate surface area is 98.7 Å². The normalized spacial score (nSPS) is 13.0. The van der Waals surface area contributed by atoms with Crippen LogP contribution in [0.25, 0.3) is 0 Å². The van der Waals surface area contributed by atoms with Crippen molar-refractivity contribution in [2.45, 2.75) is 32.2 Å². The van der Waals surface area contributed by atoms with E-state index in [0.717, 1.165) is 25.9 Å². The number of pyridine rings is 1. The second-order valence-electron chi connectivity index (χ2n) is 4.42. The average molecular weight is 221 g/mol. The summed E-state index contributed by atoms with van der Waals surface area (Å²) in [5.74, 6) is 0. The summed E-state index contributed by atoms with van der Waals surface area (Å²) in [5.41, 5.74) is 7.34. The Hall–Kier alpha value is -0.930. The van der Waals surface area contributed by atoms with Crippen LogP contribution in [-0.2, 0) is 6.42 Å². The first kappa shape index (κ1) is 13.1. The second kappa shape index (κ2) is 7.36. The van der Waals surface area contributed by atoms with Gasteiger partial charge in [0, 0.05) is 31.5 Å². The third-order valence-corrected chi connectivity index (χ3v) is 2.74. The van der Waals surface area contributed by atoms with Gasteiger partial charge in [-0.2, -0.15) is 0 Å². The van der Waals surface area contributed by atoms with Crippen molar-refractivity contribution in [3.63, 3.8) is 0 Å². The number of likely N-dealkylation sites (N-methyl/N-ethyl adjacent to an activating group) is 1. The van der Waals surface area contributed by atoms with E-state index in [-0.39, 0.29) is 0 Å². The SMILES string of the molecule is CCC[C@@H](N)CN(C)CCc1ccncc1. The molecule has 0 saturated heterocycles. The van der Waals surface area contributed by atoms with E-state index in [2.05, 4.69) is 36.0 Å². The molecule has 0 aliphatic rings. The molecule has 0 aliphatic heterocycles. The van der Waals surface area contributed by atoms with E-state index in [1.54, 1.807) is 0 Å². The molecule has 1 atom stereocenters. The summed E-state index contributed by atoms with van der Waals surface area (Å²) in [7, 11) is 2.14. The minimum Gasteiger partial charge on any atom is -0.327 e. The lowest BCUT2D eigenvalue weighted by Gasteiger charge is -2.20. The van der Waals surface area contributed by atoms with E-state index in [0.29, 0.717) is 6.04 Å². The van der Waals surface area contributed by atoms with Crippen molar-refractivity contribution in [3.05, 3.63) is 30.1 Å². The molecule has 1 aromatic rings. The van der Waals surface area contributed by atoms with E-state index in [4.69, 9.17) is 5.73 Å². The summed E-state index contributed by atoms with van der Waals surface area (Å²) in [6, 6.07) is 4.45. The first-order valence-corrected chi connectivity index (χ1v) is 6.05. The Balaban J connectivity index is 2.22. The highest BCUT2D eigenvalue weighted by molar-refractivity contribution is 5.09. The van der Waals surface area contributed by atoms with Crippen LogP contribution in [0.3, 0.4) is 0 Å². The van der Waals surface area contributed by atoms with Crippen molar-refractivity contribution in [2.75, 3.05) is 20.1 Å². The van der Waals surface area contributed by atoms with Gasteiger partial charge in [0.2, 0.25) is 0 Å². The largest absolute Gasteiger partial charge is 0.327 e. The molecule has 0 radical (unpaired) electrons. The molecule has 0 fully saturated rings. The Morgan fingerprint density at radius 2 is 2.06 bits per heavy atom. The number of hydrogen-bond donors (Lipinski definition) is 1. The van der Waals surface area contributed by atoms with Crippen molar-refractivity contribution in [1.82, 2.24) is 9.88 Å². The predicted molar refractivity (Wildman–Crippen MR) is 68.3 cm³/mol. The minimum atomic E-state index is 0.312. The maximum absolute atomic E-state index is 6.00. The molecule has 1 aromatic heterocycles. The molecule has 2 N–H and O–H groups in total. The zero-order chi connectivity index (χ0) is 11.8. The molecule has 90 valence electrons. The lowest BCUT2D eigenvalue weighted by atomic mass is 10.1. The van der Waals surface area contributed by atoms with Gasteiger partial charge in [-0.25, -0.2) is 0 Å². The number of rotatable bonds is 7. The highest BCUT2D eigenvalue weighted by Crippen LogP contribution is 2.00. The molecular formula is C13H23N3. The molecule has 0 saturated carbocycles. The van der Waals surface area contributed by atoms with Gasteiger partial charge >= 0.3 is 0 Å². The number of aromatic nitrogens is 1. The Kier molecular flexibility index (Phi) is 6.04. The summed E-state index contributed by atoms with van der Waals surface area (Å²) in [5, 5.41) is 0. The summed E-state index contributed by atoms with van der Waals surface area (Å²) >= 11 is 0. The van der Waals surface area contributed by atoms with Gasteiger partial charge in [-0.3, -0.25) is 4.98 Å². The highest BCUT2D eigenvalue weighted by atomic mass is 15.1. The first-order chi connectivity index (χ1) is 7.72. The van der Waals surface area contributed by atoms with Gasteiger partial charge in [0.1, 0.15) is 0 Å². The molecule has 0 amide bonds. The van der Waals surface area contributed by atoms with Crippen LogP contribution in [0.4, 0.5) is 0 Å². The van der Waals surface area contributed by atoms with Crippen LogP contribution >= 0.6 is 0 Å². The van der Waals surface area contributed by atoms with Gasteiger partial charge in [-0.05, 0) is 37.6 Å². The van der Waals surface area contributed by atoms with Gasteiger partial charge < -0.3 is 10.6 Å². The van der Waals surface area contributed by atoms with Crippen LogP contribution in [0.2, 0.25) is 0 Å². The predicted octanol–water partition coefficient (Wildman–Crippen LogP) is 1.68. The lowest BCUT2D eigenvalue weighted by molar-refractivity contribution is 0.307. The summed E-state index contributed by atoms with van der Waals surface area (Å²) < 4.78 is 0. The smallest absolute Gasteiger partial charge is 0.0270 e. The molecule has 0 spiro atoms. The van der Waals surface area contributed by atoms with Gasteiger partial charge in [0.25, 0.3) is 0 Å². The van der Waals surface area contributed by atoms with E-state index in [1.165, 1.54) is 12.0 Å². The minimum absolute atomic E-state index is 0.312. The van der Waals surface area contributed by atoms with Crippen molar-refractivity contribution < 1.29 is 0 Å². The van der Waals surface area contributed by atoms with Crippen LogP contribution < -0.4 is 5.73 Å². The topological polar surface area (TPSA) is 42.1 Å². The molecule has 1 heterocycles. The molecule has 0 aliphatic carbocycles. The zero-order valence-corrected chi connectivity index (χ0v) is 10.4. The molecule has 0 bridgehead atoms. The van der Waals surface area contributed by atoms with Gasteiger partial charge in [-0.15, -0.1) is 0 Å². The van der Waals surface area contributed by atoms with Crippen molar-refractivity contribution >= 4 is 0 Å². The number of nitrogens with two attached hydrogens (primary N) is 1. The third kappa shape index (κ3) is 5.24. The van der Waals surface area contributed by atoms with Gasteiger partial charge in [-0.1, -0.05) is 13.3 Å². The summed E-state index contributed by atoms with van der Waals surface area (Å²) in [6.07, 6.45) is 7.03. The number of hydrogen-bond acceptors (Lipinski definition) is 3. The standard InChI is InChI=1S/C13H23N3/c1-3-4-13(14)11-16(2)10-7-12-5-8-15-9-6-12/h5-6,8-9,13H,3-4,7,10-11,14H2,1-2H3/t13-/m1/s1. The Morgan fingerprint density at radius 3 is 2.69 bits per heavy atom. The Bertz CT molecular complexity index is 274. The molecular weight excluding hydrogens is 198 g/mol. The lowest BCUT2D eigenvalue weighted by Crippen LogP contribution is -2.36. The first-order valence-electron chi connectivity index (χ1n) is 6.05. The summed E-state index contributed by atoms with van der Waals surface area (Å²) in [6.45, 7) is 4.22. The average Bonchev–Trinajstić information content (AvgIpc) is 2.28. The molecule has 1 rings (SSSR count). The fraction of sp³-hybridized carbons (Fsp3) is 0.615. The third-order valence-electron chi connectivity index (χ3n) is 2.74. The Morgan fingerprint density at radius 1 is 1.38 bits per heavy atom. The fourth-order valence-corrected chi connectivity index (χ4v) is 1.82. The van der Waals surface area contributed by atoms with E-state index >= 15 is 0 Å². The van der Waals surface area contributed by atoms with E-state index in [9.17, 15) is 0 Å². The van der Waals surface area contributed by atoms with E-state index < -0.39 is 0 Å². The second-order valence-corrected chi connectivity index (χ2v) is 4.42. The van der Waals surface area contributed by atoms with Gasteiger partial charge in [0.05, 0.1) is 0 Å². The van der Waals surface area contributed by atoms with Crippen molar-refractivity contribution in [3.8, 4) is 0 Å². The quantitative estimate of drug-likeness (QED) is 0.762. The zero-order valence-electron chi connectivity index (χ0n) is 10.4. The fourth-order valence-electron chi connectivity index (χ4n) is 1.82. The maximum atomic E-state index is 6.00. The van der Waals surface area contributed by atoms with E-state index in [1.807, 2.05) is 12.4 Å². The molecule has 3 nitrogen and oxygen atoms in total. The molecule has 3 heteroatoms. The van der Waals surface area contributed by atoms with Crippen LogP contribution in [0.1, 0.15) is 25.3 Å². The highest BCUT2D eigenvalue weighted by Gasteiger charge is 2.05. The molecule has 0 unspecified atom stereocenters. The van der Waals surface area contributed by atoms with Crippen LogP contribution in [-0.4, -0.2) is 36.1 Å². The van der Waals surface area contributed by atoms with Crippen LogP contribution in [0, 0.1) is 0 Å². The van der Waals surface area contributed by atoms with Crippen LogP contribution in [0.5, 0.6) is 0 Å². The van der Waals surface area contributed by atoms with Crippen LogP contribution in [0.15, 0.2) is 24.5 Å².